The van der Waals surface area contributed by atoms with Crippen molar-refractivity contribution in [1.82, 2.24) is 10.1 Å². The molecule has 172 valence electrons. The number of benzene rings is 1. The molecule has 0 bridgehead atoms. The van der Waals surface area contributed by atoms with Gasteiger partial charge in [0.15, 0.2) is 5.82 Å². The molecule has 1 aromatic carbocycles. The number of nitrogens with one attached hydrogen (secondary N) is 1. The number of methoxy groups -OCH3 is 1. The first kappa shape index (κ1) is 23.7. The summed E-state index contributed by atoms with van der Waals surface area (Å²) < 4.78 is 10.7. The van der Waals surface area contributed by atoms with Crippen molar-refractivity contribution in [3.05, 3.63) is 78.3 Å². The molecule has 0 saturated carbocycles. The Balaban J connectivity index is 2.07. The van der Waals surface area contributed by atoms with E-state index in [1.165, 1.54) is 4.90 Å². The Morgan fingerprint density at radius 1 is 1.24 bits per heavy atom. The Morgan fingerprint density at radius 3 is 2.55 bits per heavy atom. The van der Waals surface area contributed by atoms with Crippen LogP contribution in [-0.4, -0.2) is 29.1 Å². The largest absolute Gasteiger partial charge is 0.497 e. The predicted octanol–water partition coefficient (Wildman–Crippen LogP) is 4.58. The van der Waals surface area contributed by atoms with Crippen molar-refractivity contribution in [1.29, 1.82) is 0 Å². The van der Waals surface area contributed by atoms with Crippen LogP contribution in [0.15, 0.2) is 66.0 Å². The van der Waals surface area contributed by atoms with E-state index in [1.807, 2.05) is 33.8 Å². The third-order valence-corrected chi connectivity index (χ3v) is 5.09. The first-order chi connectivity index (χ1) is 15.7. The number of hydrogen-bond acceptors (Lipinski definition) is 6. The highest BCUT2D eigenvalue weighted by Gasteiger charge is 2.35. The van der Waals surface area contributed by atoms with Crippen molar-refractivity contribution in [2.45, 2.75) is 39.2 Å². The number of carbonyl (C=O) groups excluding carboxylic acids is 2. The third-order valence-electron chi connectivity index (χ3n) is 5.09. The van der Waals surface area contributed by atoms with Gasteiger partial charge in [-0.1, -0.05) is 38.6 Å². The van der Waals surface area contributed by atoms with Gasteiger partial charge in [0, 0.05) is 35.1 Å². The van der Waals surface area contributed by atoms with Crippen molar-refractivity contribution in [3.8, 4) is 5.75 Å². The molecule has 3 aromatic rings. The van der Waals surface area contributed by atoms with Crippen LogP contribution in [0, 0.1) is 6.92 Å². The number of hydrogen-bond donors (Lipinski definition) is 1. The summed E-state index contributed by atoms with van der Waals surface area (Å²) in [5, 5.41) is 7.01. The number of aromatic nitrogens is 2. The quantitative estimate of drug-likeness (QED) is 0.531. The lowest BCUT2D eigenvalue weighted by Crippen LogP contribution is -2.41. The summed E-state index contributed by atoms with van der Waals surface area (Å²) in [6.45, 7) is 11.4. The number of pyridine rings is 1. The summed E-state index contributed by atoms with van der Waals surface area (Å²) in [7, 11) is 1.58. The monoisotopic (exact) mass is 448 g/mol. The predicted molar refractivity (Wildman–Crippen MR) is 126 cm³/mol. The molecule has 0 aliphatic heterocycles. The maximum absolute atomic E-state index is 13.6. The smallest absolute Gasteiger partial charge is 0.252 e. The molecule has 8 nitrogen and oxygen atoms in total. The molecule has 2 amide bonds. The molecule has 2 aromatic heterocycles. The Labute approximate surface area is 193 Å². The number of ether oxygens (including phenoxy) is 1. The van der Waals surface area contributed by atoms with Gasteiger partial charge in [0.05, 0.1) is 7.11 Å². The highest BCUT2D eigenvalue weighted by molar-refractivity contribution is 6.08. The Bertz CT molecular complexity index is 1150. The van der Waals surface area contributed by atoms with Crippen LogP contribution in [0.1, 0.15) is 43.7 Å². The lowest BCUT2D eigenvalue weighted by atomic mass is 9.93. The normalized spacial score (nSPS) is 12.0. The highest BCUT2D eigenvalue weighted by Crippen LogP contribution is 2.32. The molecule has 1 N–H and O–H groups in total. The summed E-state index contributed by atoms with van der Waals surface area (Å²) in [5.74, 6) is 0.525. The zero-order chi connectivity index (χ0) is 24.2. The lowest BCUT2D eigenvalue weighted by Gasteiger charge is -2.28. The molecule has 0 aliphatic rings. The van der Waals surface area contributed by atoms with E-state index in [0.29, 0.717) is 22.8 Å². The molecule has 8 heteroatoms. The second kappa shape index (κ2) is 9.68. The molecule has 0 aliphatic carbocycles. The van der Waals surface area contributed by atoms with Crippen LogP contribution < -0.4 is 15.0 Å². The molecule has 2 heterocycles. The van der Waals surface area contributed by atoms with E-state index in [4.69, 9.17) is 9.26 Å². The number of anilines is 2. The average Bonchev–Trinajstić information content (AvgIpc) is 3.29. The van der Waals surface area contributed by atoms with Gasteiger partial charge in [0.25, 0.3) is 11.8 Å². The van der Waals surface area contributed by atoms with Gasteiger partial charge in [-0.25, -0.2) is 0 Å². The number of aryl methyl sites for hydroxylation is 1. The molecular weight excluding hydrogens is 420 g/mol. The van der Waals surface area contributed by atoms with Gasteiger partial charge < -0.3 is 14.6 Å². The van der Waals surface area contributed by atoms with Gasteiger partial charge >= 0.3 is 0 Å². The fourth-order valence-electron chi connectivity index (χ4n) is 3.26. The standard InChI is InChI=1S/C25H28N4O4/c1-7-22(30)29(21-14-20(33-28-21)25(3,4)5)23(17-9-8-12-26-15-17)24(31)27-19-11-10-18(32-6)13-16(19)2/h7-15,23H,1H2,2-6H3,(H,27,31). The van der Waals surface area contributed by atoms with Crippen LogP contribution in [0.4, 0.5) is 11.5 Å². The Hall–Kier alpha value is -3.94. The molecule has 1 atom stereocenters. The van der Waals surface area contributed by atoms with Crippen molar-refractivity contribution >= 4 is 23.3 Å². The third kappa shape index (κ3) is 5.28. The van der Waals surface area contributed by atoms with Gasteiger partial charge in [0.1, 0.15) is 17.6 Å². The molecule has 33 heavy (non-hydrogen) atoms. The summed E-state index contributed by atoms with van der Waals surface area (Å²) in [6.07, 6.45) is 4.28. The zero-order valence-electron chi connectivity index (χ0n) is 19.5. The summed E-state index contributed by atoms with van der Waals surface area (Å²) in [6, 6.07) is 9.34. The fourth-order valence-corrected chi connectivity index (χ4v) is 3.26. The van der Waals surface area contributed by atoms with E-state index >= 15 is 0 Å². The minimum absolute atomic E-state index is 0.209. The maximum atomic E-state index is 13.6. The molecule has 0 fully saturated rings. The van der Waals surface area contributed by atoms with Crippen LogP contribution in [0.25, 0.3) is 0 Å². The second-order valence-corrected chi connectivity index (χ2v) is 8.57. The first-order valence-corrected chi connectivity index (χ1v) is 10.4. The van der Waals surface area contributed by atoms with Crippen molar-refractivity contribution < 1.29 is 18.8 Å². The molecule has 3 rings (SSSR count). The van der Waals surface area contributed by atoms with Crippen LogP contribution in [0.5, 0.6) is 5.75 Å². The van der Waals surface area contributed by atoms with Gasteiger partial charge in [0.2, 0.25) is 0 Å². The van der Waals surface area contributed by atoms with E-state index in [9.17, 15) is 9.59 Å². The Kier molecular flexibility index (Phi) is 6.96. The van der Waals surface area contributed by atoms with E-state index in [0.717, 1.165) is 11.6 Å². The van der Waals surface area contributed by atoms with Crippen molar-refractivity contribution in [2.75, 3.05) is 17.3 Å². The van der Waals surface area contributed by atoms with Gasteiger partial charge in [-0.15, -0.1) is 0 Å². The SMILES string of the molecule is C=CC(=O)N(c1cc(C(C)(C)C)on1)C(C(=O)Nc1ccc(OC)cc1C)c1cccnc1. The first-order valence-electron chi connectivity index (χ1n) is 10.4. The topological polar surface area (TPSA) is 97.6 Å². The van der Waals surface area contributed by atoms with Crippen LogP contribution in [0.3, 0.4) is 0 Å². The number of carbonyl (C=O) groups is 2. The number of amides is 2. The molecule has 1 unspecified atom stereocenters. The summed E-state index contributed by atoms with van der Waals surface area (Å²) in [4.78, 5) is 32.0. The second-order valence-electron chi connectivity index (χ2n) is 8.57. The summed E-state index contributed by atoms with van der Waals surface area (Å²) in [5.41, 5.74) is 1.58. The van der Waals surface area contributed by atoms with E-state index in [2.05, 4.69) is 22.0 Å². The summed E-state index contributed by atoms with van der Waals surface area (Å²) >= 11 is 0. The Morgan fingerprint density at radius 2 is 2.00 bits per heavy atom. The van der Waals surface area contributed by atoms with E-state index in [1.54, 1.807) is 49.8 Å². The van der Waals surface area contributed by atoms with Crippen molar-refractivity contribution in [3.63, 3.8) is 0 Å². The minimum Gasteiger partial charge on any atom is -0.497 e. The van der Waals surface area contributed by atoms with Crippen molar-refractivity contribution in [2.24, 2.45) is 0 Å². The van der Waals surface area contributed by atoms with Crippen LogP contribution in [-0.2, 0) is 15.0 Å². The fraction of sp³-hybridized carbons (Fsp3) is 0.280. The van der Waals surface area contributed by atoms with E-state index in [-0.39, 0.29) is 11.2 Å². The minimum atomic E-state index is -1.07. The lowest BCUT2D eigenvalue weighted by molar-refractivity contribution is -0.121. The van der Waals surface area contributed by atoms with Gasteiger partial charge in [-0.2, -0.15) is 0 Å². The molecule has 0 radical (unpaired) electrons. The molecule has 0 spiro atoms. The van der Waals surface area contributed by atoms with Crippen LogP contribution in [0.2, 0.25) is 0 Å². The van der Waals surface area contributed by atoms with Gasteiger partial charge in [-0.3, -0.25) is 19.5 Å². The van der Waals surface area contributed by atoms with Crippen LogP contribution >= 0.6 is 0 Å². The average molecular weight is 449 g/mol. The number of nitrogens with zero attached hydrogens (tertiary/aromatic N) is 3. The molecule has 0 saturated heterocycles. The zero-order valence-corrected chi connectivity index (χ0v) is 19.5. The highest BCUT2D eigenvalue weighted by atomic mass is 16.5. The molecular formula is C25H28N4O4. The maximum Gasteiger partial charge on any atom is 0.252 e. The van der Waals surface area contributed by atoms with E-state index < -0.39 is 17.9 Å². The number of rotatable bonds is 7. The van der Waals surface area contributed by atoms with Gasteiger partial charge in [-0.05, 0) is 42.8 Å².